The van der Waals surface area contributed by atoms with E-state index in [2.05, 4.69) is 0 Å². The van der Waals surface area contributed by atoms with Crippen LogP contribution in [0.25, 0.3) is 0 Å². The molecule has 4 nitrogen and oxygen atoms in total. The van der Waals surface area contributed by atoms with Gasteiger partial charge in [-0.1, -0.05) is 24.3 Å². The number of hydrazine groups is 1. The third kappa shape index (κ3) is 2.05. The molecule has 1 unspecified atom stereocenters. The second-order valence-electron chi connectivity index (χ2n) is 2.77. The number of aliphatic hydroxyl groups is 1. The minimum Gasteiger partial charge on any atom is -0.378 e. The normalized spacial score (nSPS) is 12.2. The van der Waals surface area contributed by atoms with Gasteiger partial charge in [0.2, 0.25) is 0 Å². The van der Waals surface area contributed by atoms with Crippen LogP contribution in [0.4, 0.5) is 0 Å². The molecular weight excluding hydrogens is 168 g/mol. The third-order valence-corrected chi connectivity index (χ3v) is 1.87. The molecule has 0 bridgehead atoms. The second-order valence-corrected chi connectivity index (χ2v) is 2.77. The minimum atomic E-state index is -1.19. The van der Waals surface area contributed by atoms with E-state index in [1.54, 1.807) is 12.1 Å². The Kier molecular flexibility index (Phi) is 3.00. The molecule has 0 spiro atoms. The van der Waals surface area contributed by atoms with E-state index in [1.165, 1.54) is 0 Å². The third-order valence-electron chi connectivity index (χ3n) is 1.87. The van der Waals surface area contributed by atoms with E-state index >= 15 is 0 Å². The zero-order valence-corrected chi connectivity index (χ0v) is 7.32. The summed E-state index contributed by atoms with van der Waals surface area (Å²) in [6.45, 7) is 1.82. The van der Waals surface area contributed by atoms with Crippen LogP contribution in [0.1, 0.15) is 17.2 Å². The lowest BCUT2D eigenvalue weighted by Crippen LogP contribution is -2.34. The molecule has 0 aromatic heterocycles. The first-order valence-corrected chi connectivity index (χ1v) is 3.91. The smallest absolute Gasteiger partial charge is 0.267 e. The topological polar surface area (TPSA) is 75.3 Å². The monoisotopic (exact) mass is 180 g/mol. The first-order chi connectivity index (χ1) is 6.16. The number of benzene rings is 1. The molecule has 1 aromatic rings. The molecule has 1 atom stereocenters. The Labute approximate surface area is 76.3 Å². The van der Waals surface area contributed by atoms with Crippen molar-refractivity contribution in [3.8, 4) is 0 Å². The van der Waals surface area contributed by atoms with Crippen LogP contribution >= 0.6 is 0 Å². The average molecular weight is 180 g/mol. The lowest BCUT2D eigenvalue weighted by Gasteiger charge is -2.11. The van der Waals surface area contributed by atoms with Crippen LogP contribution < -0.4 is 11.3 Å². The van der Waals surface area contributed by atoms with Gasteiger partial charge in [-0.2, -0.15) is 0 Å². The summed E-state index contributed by atoms with van der Waals surface area (Å²) in [7, 11) is 0. The molecule has 1 amide bonds. The molecule has 0 fully saturated rings. The number of hydrogen-bond acceptors (Lipinski definition) is 3. The van der Waals surface area contributed by atoms with Crippen molar-refractivity contribution in [1.82, 2.24) is 5.43 Å². The molecule has 1 rings (SSSR count). The van der Waals surface area contributed by atoms with Crippen LogP contribution in [0.2, 0.25) is 0 Å². The van der Waals surface area contributed by atoms with Gasteiger partial charge in [0.1, 0.15) is 0 Å². The van der Waals surface area contributed by atoms with Gasteiger partial charge < -0.3 is 5.11 Å². The molecular formula is C9H12N2O2. The van der Waals surface area contributed by atoms with Crippen molar-refractivity contribution in [2.24, 2.45) is 5.84 Å². The van der Waals surface area contributed by atoms with Crippen LogP contribution in [-0.4, -0.2) is 11.0 Å². The number of aliphatic hydroxyl groups excluding tert-OH is 1. The SMILES string of the molecule is Cc1ccccc1C(O)C(=O)NN. The Morgan fingerprint density at radius 1 is 1.54 bits per heavy atom. The van der Waals surface area contributed by atoms with Gasteiger partial charge in [-0.25, -0.2) is 5.84 Å². The van der Waals surface area contributed by atoms with Crippen molar-refractivity contribution in [2.45, 2.75) is 13.0 Å². The number of amides is 1. The van der Waals surface area contributed by atoms with Crippen molar-refractivity contribution in [3.63, 3.8) is 0 Å². The Bertz CT molecular complexity index is 312. The highest BCUT2D eigenvalue weighted by molar-refractivity contribution is 5.81. The zero-order valence-electron chi connectivity index (χ0n) is 7.32. The number of nitrogens with two attached hydrogens (primary N) is 1. The summed E-state index contributed by atoms with van der Waals surface area (Å²) >= 11 is 0. The Balaban J connectivity index is 2.95. The van der Waals surface area contributed by atoms with Gasteiger partial charge in [0.15, 0.2) is 6.10 Å². The molecule has 0 saturated heterocycles. The largest absolute Gasteiger partial charge is 0.378 e. The lowest BCUT2D eigenvalue weighted by atomic mass is 10.0. The van der Waals surface area contributed by atoms with E-state index in [0.717, 1.165) is 5.56 Å². The highest BCUT2D eigenvalue weighted by Gasteiger charge is 2.17. The van der Waals surface area contributed by atoms with Crippen molar-refractivity contribution >= 4 is 5.91 Å². The standard InChI is InChI=1S/C9H12N2O2/c1-6-4-2-3-5-7(6)8(12)9(13)11-10/h2-5,8,12H,10H2,1H3,(H,11,13). The summed E-state index contributed by atoms with van der Waals surface area (Å²) in [6.07, 6.45) is -1.19. The molecule has 1 aromatic carbocycles. The Hall–Kier alpha value is -1.39. The fourth-order valence-corrected chi connectivity index (χ4v) is 1.11. The maximum Gasteiger partial charge on any atom is 0.267 e. The number of rotatable bonds is 2. The van der Waals surface area contributed by atoms with Gasteiger partial charge >= 0.3 is 0 Å². The minimum absolute atomic E-state index is 0.574. The number of carbonyl (C=O) groups excluding carboxylic acids is 1. The van der Waals surface area contributed by atoms with Gasteiger partial charge in [-0.15, -0.1) is 0 Å². The van der Waals surface area contributed by atoms with E-state index in [-0.39, 0.29) is 0 Å². The van der Waals surface area contributed by atoms with E-state index in [1.807, 2.05) is 24.5 Å². The van der Waals surface area contributed by atoms with Crippen molar-refractivity contribution < 1.29 is 9.90 Å². The Morgan fingerprint density at radius 2 is 2.15 bits per heavy atom. The van der Waals surface area contributed by atoms with Crippen LogP contribution in [0.5, 0.6) is 0 Å². The predicted molar refractivity (Wildman–Crippen MR) is 48.5 cm³/mol. The second kappa shape index (κ2) is 4.02. The van der Waals surface area contributed by atoms with Gasteiger partial charge in [-0.3, -0.25) is 10.2 Å². The molecule has 4 heteroatoms. The summed E-state index contributed by atoms with van der Waals surface area (Å²) in [6, 6.07) is 7.11. The quantitative estimate of drug-likeness (QED) is 0.341. The highest BCUT2D eigenvalue weighted by atomic mass is 16.3. The van der Waals surface area contributed by atoms with E-state index in [4.69, 9.17) is 5.84 Å². The predicted octanol–water partition coefficient (Wildman–Crippen LogP) is 0.0183. The number of hydrogen-bond donors (Lipinski definition) is 3. The molecule has 0 aliphatic rings. The highest BCUT2D eigenvalue weighted by Crippen LogP contribution is 2.16. The van der Waals surface area contributed by atoms with E-state index in [0.29, 0.717) is 5.56 Å². The van der Waals surface area contributed by atoms with Crippen LogP contribution in [-0.2, 0) is 4.79 Å². The van der Waals surface area contributed by atoms with Gasteiger partial charge in [-0.05, 0) is 18.1 Å². The van der Waals surface area contributed by atoms with Crippen LogP contribution in [0, 0.1) is 6.92 Å². The molecule has 0 radical (unpaired) electrons. The van der Waals surface area contributed by atoms with Crippen LogP contribution in [0.15, 0.2) is 24.3 Å². The zero-order chi connectivity index (χ0) is 9.84. The van der Waals surface area contributed by atoms with E-state index < -0.39 is 12.0 Å². The number of carbonyl (C=O) groups is 1. The fraction of sp³-hybridized carbons (Fsp3) is 0.222. The summed E-state index contributed by atoms with van der Waals surface area (Å²) < 4.78 is 0. The van der Waals surface area contributed by atoms with Crippen LogP contribution in [0.3, 0.4) is 0 Å². The first-order valence-electron chi connectivity index (χ1n) is 3.91. The van der Waals surface area contributed by atoms with Crippen molar-refractivity contribution in [1.29, 1.82) is 0 Å². The fourth-order valence-electron chi connectivity index (χ4n) is 1.11. The maximum absolute atomic E-state index is 11.0. The van der Waals surface area contributed by atoms with Gasteiger partial charge in [0, 0.05) is 0 Å². The molecule has 13 heavy (non-hydrogen) atoms. The molecule has 4 N–H and O–H groups in total. The summed E-state index contributed by atoms with van der Waals surface area (Å²) in [5.74, 6) is 4.30. The molecule has 70 valence electrons. The van der Waals surface area contributed by atoms with E-state index in [9.17, 15) is 9.90 Å². The Morgan fingerprint density at radius 3 is 2.69 bits per heavy atom. The molecule has 0 heterocycles. The summed E-state index contributed by atoms with van der Waals surface area (Å²) in [5.41, 5.74) is 3.34. The first kappa shape index (κ1) is 9.70. The van der Waals surface area contributed by atoms with Crippen molar-refractivity contribution in [3.05, 3.63) is 35.4 Å². The van der Waals surface area contributed by atoms with Gasteiger partial charge in [0.05, 0.1) is 0 Å². The summed E-state index contributed by atoms with van der Waals surface area (Å²) in [5, 5.41) is 9.48. The maximum atomic E-state index is 11.0. The average Bonchev–Trinajstić information content (AvgIpc) is 2.16. The number of nitrogens with one attached hydrogen (secondary N) is 1. The number of aryl methyl sites for hydroxylation is 1. The molecule has 0 saturated carbocycles. The molecule has 0 aliphatic heterocycles. The van der Waals surface area contributed by atoms with Crippen molar-refractivity contribution in [2.75, 3.05) is 0 Å². The summed E-state index contributed by atoms with van der Waals surface area (Å²) in [4.78, 5) is 11.0. The van der Waals surface area contributed by atoms with Gasteiger partial charge in [0.25, 0.3) is 5.91 Å². The lowest BCUT2D eigenvalue weighted by molar-refractivity contribution is -0.129. The molecule has 0 aliphatic carbocycles.